The molecule has 0 bridgehead atoms. The smallest absolute Gasteiger partial charge is 0.234 e. The van der Waals surface area contributed by atoms with E-state index in [9.17, 15) is 9.18 Å². The standard InChI is InChI=1S/C10H13FN2O/c1-7(10(12)14)13-6-8-2-4-9(11)5-3-8/h2-5,7,13H,6H2,1H3,(H2,12,14)/t7-/m0/s1. The molecule has 0 unspecified atom stereocenters. The number of carbonyl (C=O) groups is 1. The molecule has 0 saturated heterocycles. The first-order chi connectivity index (χ1) is 6.59. The average Bonchev–Trinajstić information content (AvgIpc) is 2.16. The van der Waals surface area contributed by atoms with Gasteiger partial charge in [0, 0.05) is 6.54 Å². The number of hydrogen-bond donors (Lipinski definition) is 2. The number of halogens is 1. The van der Waals surface area contributed by atoms with Crippen molar-refractivity contribution in [2.24, 2.45) is 5.73 Å². The first-order valence-electron chi connectivity index (χ1n) is 4.36. The molecule has 0 heterocycles. The highest BCUT2D eigenvalue weighted by atomic mass is 19.1. The molecule has 4 heteroatoms. The van der Waals surface area contributed by atoms with E-state index in [2.05, 4.69) is 5.32 Å². The van der Waals surface area contributed by atoms with Crippen LogP contribution >= 0.6 is 0 Å². The second-order valence-corrected chi connectivity index (χ2v) is 3.13. The van der Waals surface area contributed by atoms with Crippen LogP contribution in [0, 0.1) is 5.82 Å². The summed E-state index contributed by atoms with van der Waals surface area (Å²) in [6, 6.07) is 5.71. The van der Waals surface area contributed by atoms with E-state index < -0.39 is 5.91 Å². The second-order valence-electron chi connectivity index (χ2n) is 3.13. The molecular formula is C10H13FN2O. The van der Waals surface area contributed by atoms with Gasteiger partial charge in [0.1, 0.15) is 5.82 Å². The summed E-state index contributed by atoms with van der Waals surface area (Å²) < 4.78 is 12.5. The summed E-state index contributed by atoms with van der Waals surface area (Å²) in [7, 11) is 0. The molecule has 0 aliphatic heterocycles. The number of nitrogens with one attached hydrogen (secondary N) is 1. The lowest BCUT2D eigenvalue weighted by molar-refractivity contribution is -0.119. The Morgan fingerprint density at radius 2 is 2.07 bits per heavy atom. The molecule has 1 aromatic carbocycles. The van der Waals surface area contributed by atoms with Gasteiger partial charge in [-0.3, -0.25) is 4.79 Å². The van der Waals surface area contributed by atoms with E-state index >= 15 is 0 Å². The molecule has 76 valence electrons. The number of carbonyl (C=O) groups excluding carboxylic acids is 1. The minimum absolute atomic E-state index is 0.267. The van der Waals surface area contributed by atoms with Gasteiger partial charge in [-0.15, -0.1) is 0 Å². The topological polar surface area (TPSA) is 55.1 Å². The molecule has 0 aromatic heterocycles. The predicted molar refractivity (Wildman–Crippen MR) is 51.9 cm³/mol. The van der Waals surface area contributed by atoms with E-state index in [4.69, 9.17) is 5.73 Å². The highest BCUT2D eigenvalue weighted by Crippen LogP contribution is 2.02. The summed E-state index contributed by atoms with van der Waals surface area (Å²) in [4.78, 5) is 10.7. The summed E-state index contributed by atoms with van der Waals surface area (Å²) in [6.45, 7) is 2.19. The Hall–Kier alpha value is -1.42. The van der Waals surface area contributed by atoms with E-state index in [1.165, 1.54) is 12.1 Å². The second kappa shape index (κ2) is 4.72. The lowest BCUT2D eigenvalue weighted by atomic mass is 10.2. The van der Waals surface area contributed by atoms with Crippen LogP contribution in [0.4, 0.5) is 4.39 Å². The van der Waals surface area contributed by atoms with Crippen molar-refractivity contribution in [3.05, 3.63) is 35.6 Å². The SMILES string of the molecule is C[C@H](NCc1ccc(F)cc1)C(N)=O. The molecule has 0 saturated carbocycles. The first-order valence-corrected chi connectivity index (χ1v) is 4.36. The fourth-order valence-electron chi connectivity index (χ4n) is 0.974. The van der Waals surface area contributed by atoms with Gasteiger partial charge in [-0.25, -0.2) is 4.39 Å². The maximum Gasteiger partial charge on any atom is 0.234 e. The molecule has 0 aliphatic carbocycles. The minimum Gasteiger partial charge on any atom is -0.368 e. The molecular weight excluding hydrogens is 183 g/mol. The molecule has 14 heavy (non-hydrogen) atoms. The molecule has 3 N–H and O–H groups in total. The van der Waals surface area contributed by atoms with Gasteiger partial charge in [0.15, 0.2) is 0 Å². The van der Waals surface area contributed by atoms with Crippen LogP contribution in [0.25, 0.3) is 0 Å². The van der Waals surface area contributed by atoms with Gasteiger partial charge in [-0.05, 0) is 24.6 Å². The number of primary amides is 1. The number of amides is 1. The Balaban J connectivity index is 2.46. The van der Waals surface area contributed by atoms with Crippen molar-refractivity contribution >= 4 is 5.91 Å². The Morgan fingerprint density at radius 1 is 1.50 bits per heavy atom. The van der Waals surface area contributed by atoms with Gasteiger partial charge in [0.05, 0.1) is 6.04 Å². The van der Waals surface area contributed by atoms with E-state index in [1.54, 1.807) is 19.1 Å². The third kappa shape index (κ3) is 3.14. The maximum absolute atomic E-state index is 12.5. The average molecular weight is 196 g/mol. The van der Waals surface area contributed by atoms with Gasteiger partial charge in [-0.2, -0.15) is 0 Å². The zero-order valence-electron chi connectivity index (χ0n) is 7.96. The maximum atomic E-state index is 12.5. The fourth-order valence-corrected chi connectivity index (χ4v) is 0.974. The highest BCUT2D eigenvalue weighted by molar-refractivity contribution is 5.79. The van der Waals surface area contributed by atoms with Crippen molar-refractivity contribution < 1.29 is 9.18 Å². The van der Waals surface area contributed by atoms with Crippen molar-refractivity contribution in [2.75, 3.05) is 0 Å². The summed E-state index contributed by atoms with van der Waals surface area (Å²) in [5.41, 5.74) is 5.98. The number of benzene rings is 1. The van der Waals surface area contributed by atoms with Crippen molar-refractivity contribution in [3.8, 4) is 0 Å². The minimum atomic E-state index is -0.396. The monoisotopic (exact) mass is 196 g/mol. The largest absolute Gasteiger partial charge is 0.368 e. The molecule has 0 radical (unpaired) electrons. The van der Waals surface area contributed by atoms with Crippen LogP contribution < -0.4 is 11.1 Å². The quantitative estimate of drug-likeness (QED) is 0.748. The van der Waals surface area contributed by atoms with Crippen LogP contribution in [0.5, 0.6) is 0 Å². The molecule has 1 rings (SSSR count). The molecule has 0 aliphatic rings. The molecule has 1 aromatic rings. The summed E-state index contributed by atoms with van der Waals surface area (Å²) >= 11 is 0. The number of rotatable bonds is 4. The van der Waals surface area contributed by atoms with Crippen LogP contribution in [0.1, 0.15) is 12.5 Å². The Bertz CT molecular complexity index is 310. The van der Waals surface area contributed by atoms with E-state index in [0.717, 1.165) is 5.56 Å². The third-order valence-corrected chi connectivity index (χ3v) is 1.95. The highest BCUT2D eigenvalue weighted by Gasteiger charge is 2.06. The Kier molecular flexibility index (Phi) is 3.59. The first kappa shape index (κ1) is 10.7. The van der Waals surface area contributed by atoms with Gasteiger partial charge >= 0.3 is 0 Å². The van der Waals surface area contributed by atoms with Gasteiger partial charge in [0.2, 0.25) is 5.91 Å². The number of hydrogen-bond acceptors (Lipinski definition) is 2. The normalized spacial score (nSPS) is 12.4. The molecule has 3 nitrogen and oxygen atoms in total. The summed E-state index contributed by atoms with van der Waals surface area (Å²) in [6.07, 6.45) is 0. The van der Waals surface area contributed by atoms with E-state index in [-0.39, 0.29) is 11.9 Å². The van der Waals surface area contributed by atoms with Crippen molar-refractivity contribution in [1.29, 1.82) is 0 Å². The number of nitrogens with two attached hydrogens (primary N) is 1. The lowest BCUT2D eigenvalue weighted by Gasteiger charge is -2.09. The van der Waals surface area contributed by atoms with E-state index in [1.807, 2.05) is 0 Å². The Labute approximate surface area is 82.1 Å². The molecule has 1 atom stereocenters. The van der Waals surface area contributed by atoms with Crippen LogP contribution in [-0.2, 0) is 11.3 Å². The zero-order valence-corrected chi connectivity index (χ0v) is 7.96. The van der Waals surface area contributed by atoms with Crippen LogP contribution in [-0.4, -0.2) is 11.9 Å². The molecule has 0 fully saturated rings. The summed E-state index contributed by atoms with van der Waals surface area (Å²) in [5.74, 6) is -0.663. The summed E-state index contributed by atoms with van der Waals surface area (Å²) in [5, 5.41) is 2.92. The lowest BCUT2D eigenvalue weighted by Crippen LogP contribution is -2.38. The van der Waals surface area contributed by atoms with Gasteiger partial charge in [0.25, 0.3) is 0 Å². The molecule has 0 spiro atoms. The van der Waals surface area contributed by atoms with Gasteiger partial charge < -0.3 is 11.1 Å². The van der Waals surface area contributed by atoms with Crippen molar-refractivity contribution in [3.63, 3.8) is 0 Å². The Morgan fingerprint density at radius 3 is 2.57 bits per heavy atom. The van der Waals surface area contributed by atoms with Crippen LogP contribution in [0.2, 0.25) is 0 Å². The van der Waals surface area contributed by atoms with E-state index in [0.29, 0.717) is 6.54 Å². The third-order valence-electron chi connectivity index (χ3n) is 1.95. The predicted octanol–water partition coefficient (Wildman–Crippen LogP) is 0.789. The van der Waals surface area contributed by atoms with Crippen LogP contribution in [0.3, 0.4) is 0 Å². The molecule has 1 amide bonds. The fraction of sp³-hybridized carbons (Fsp3) is 0.300. The van der Waals surface area contributed by atoms with Crippen molar-refractivity contribution in [1.82, 2.24) is 5.32 Å². The van der Waals surface area contributed by atoms with Gasteiger partial charge in [-0.1, -0.05) is 12.1 Å². The zero-order chi connectivity index (χ0) is 10.6. The van der Waals surface area contributed by atoms with Crippen LogP contribution in [0.15, 0.2) is 24.3 Å². The van der Waals surface area contributed by atoms with Crippen molar-refractivity contribution in [2.45, 2.75) is 19.5 Å².